The van der Waals surface area contributed by atoms with Crippen molar-refractivity contribution >= 4 is 17.3 Å². The van der Waals surface area contributed by atoms with Crippen LogP contribution in [0.1, 0.15) is 47.2 Å². The topological polar surface area (TPSA) is 69.5 Å². The highest BCUT2D eigenvalue weighted by molar-refractivity contribution is 7.09. The van der Waals surface area contributed by atoms with Crippen LogP contribution in [-0.2, 0) is 25.8 Å². The van der Waals surface area contributed by atoms with Gasteiger partial charge in [0, 0.05) is 30.5 Å². The molecule has 3 rings (SSSR count). The summed E-state index contributed by atoms with van der Waals surface area (Å²) in [5, 5.41) is 20.2. The van der Waals surface area contributed by atoms with Crippen LogP contribution in [-0.4, -0.2) is 29.1 Å². The van der Waals surface area contributed by atoms with Crippen molar-refractivity contribution in [2.75, 3.05) is 13.1 Å². The molecule has 2 aromatic rings. The van der Waals surface area contributed by atoms with Crippen LogP contribution >= 0.6 is 11.3 Å². The summed E-state index contributed by atoms with van der Waals surface area (Å²) in [6.45, 7) is 6.18. The number of phenolic OH excluding ortho intramolecular Hbond substituents is 1. The van der Waals surface area contributed by atoms with Gasteiger partial charge in [-0.15, -0.1) is 11.3 Å². The predicted molar refractivity (Wildman–Crippen MR) is 108 cm³/mol. The maximum absolute atomic E-state index is 10.3. The molecule has 0 saturated carbocycles. The number of hydrogen-bond donors (Lipinski definition) is 3. The van der Waals surface area contributed by atoms with E-state index in [4.69, 9.17) is 4.99 Å². The van der Waals surface area contributed by atoms with Crippen molar-refractivity contribution in [1.82, 2.24) is 15.6 Å². The van der Waals surface area contributed by atoms with Gasteiger partial charge in [-0.1, -0.05) is 6.07 Å². The SMILES string of the molecule is CCNC(=NCc1c(O)ccc2c1CCCC2)NCCc1csc(C)n1. The molecule has 1 aromatic carbocycles. The highest BCUT2D eigenvalue weighted by Gasteiger charge is 2.16. The second-order valence-corrected chi connectivity index (χ2v) is 7.70. The van der Waals surface area contributed by atoms with E-state index >= 15 is 0 Å². The van der Waals surface area contributed by atoms with Crippen LogP contribution in [0.25, 0.3) is 0 Å². The Hall–Kier alpha value is -2.08. The maximum Gasteiger partial charge on any atom is 0.191 e. The Morgan fingerprint density at radius 3 is 2.88 bits per heavy atom. The highest BCUT2D eigenvalue weighted by atomic mass is 32.1. The lowest BCUT2D eigenvalue weighted by Crippen LogP contribution is -2.38. The van der Waals surface area contributed by atoms with Crippen LogP contribution in [0.4, 0.5) is 0 Å². The predicted octanol–water partition coefficient (Wildman–Crippen LogP) is 3.33. The van der Waals surface area contributed by atoms with E-state index in [0.29, 0.717) is 12.3 Å². The van der Waals surface area contributed by atoms with Crippen molar-refractivity contribution in [3.63, 3.8) is 0 Å². The average Bonchev–Trinajstić information content (AvgIpc) is 3.06. The molecule has 0 amide bonds. The van der Waals surface area contributed by atoms with Gasteiger partial charge < -0.3 is 15.7 Å². The zero-order valence-electron chi connectivity index (χ0n) is 15.6. The Labute approximate surface area is 159 Å². The second-order valence-electron chi connectivity index (χ2n) is 6.64. The first kappa shape index (κ1) is 18.7. The molecule has 3 N–H and O–H groups in total. The zero-order valence-corrected chi connectivity index (χ0v) is 16.5. The Morgan fingerprint density at radius 1 is 1.27 bits per heavy atom. The fourth-order valence-corrected chi connectivity index (χ4v) is 4.05. The van der Waals surface area contributed by atoms with Crippen LogP contribution in [0.15, 0.2) is 22.5 Å². The summed E-state index contributed by atoms with van der Waals surface area (Å²) in [5.41, 5.74) is 4.77. The summed E-state index contributed by atoms with van der Waals surface area (Å²) in [6.07, 6.45) is 5.46. The summed E-state index contributed by atoms with van der Waals surface area (Å²) in [4.78, 5) is 9.20. The summed E-state index contributed by atoms with van der Waals surface area (Å²) in [5.74, 6) is 1.15. The van der Waals surface area contributed by atoms with Gasteiger partial charge in [0.1, 0.15) is 5.75 Å². The Morgan fingerprint density at radius 2 is 2.12 bits per heavy atom. The molecule has 0 spiro atoms. The molecule has 6 heteroatoms. The lowest BCUT2D eigenvalue weighted by Gasteiger charge is -2.20. The number of nitrogens with one attached hydrogen (secondary N) is 2. The van der Waals surface area contributed by atoms with Crippen molar-refractivity contribution in [3.8, 4) is 5.75 Å². The van der Waals surface area contributed by atoms with Gasteiger partial charge in [-0.25, -0.2) is 9.98 Å². The third-order valence-corrected chi connectivity index (χ3v) is 5.53. The van der Waals surface area contributed by atoms with E-state index in [-0.39, 0.29) is 0 Å². The van der Waals surface area contributed by atoms with Crippen LogP contribution < -0.4 is 10.6 Å². The van der Waals surface area contributed by atoms with E-state index in [2.05, 4.69) is 34.0 Å². The Balaban J connectivity index is 1.65. The summed E-state index contributed by atoms with van der Waals surface area (Å²) in [7, 11) is 0. The third kappa shape index (κ3) is 4.75. The summed E-state index contributed by atoms with van der Waals surface area (Å²) in [6, 6.07) is 3.89. The van der Waals surface area contributed by atoms with Crippen molar-refractivity contribution in [1.29, 1.82) is 0 Å². The smallest absolute Gasteiger partial charge is 0.191 e. The number of aliphatic imine (C=N–C) groups is 1. The largest absolute Gasteiger partial charge is 0.508 e. The molecule has 140 valence electrons. The minimum atomic E-state index is 0.364. The lowest BCUT2D eigenvalue weighted by atomic mass is 9.88. The van der Waals surface area contributed by atoms with Crippen LogP contribution in [0.2, 0.25) is 0 Å². The van der Waals surface area contributed by atoms with E-state index in [1.807, 2.05) is 13.0 Å². The van der Waals surface area contributed by atoms with Crippen LogP contribution in [0.5, 0.6) is 5.75 Å². The lowest BCUT2D eigenvalue weighted by molar-refractivity contribution is 0.465. The quantitative estimate of drug-likeness (QED) is 0.537. The van der Waals surface area contributed by atoms with E-state index in [1.165, 1.54) is 24.0 Å². The van der Waals surface area contributed by atoms with Crippen molar-refractivity contribution in [2.24, 2.45) is 4.99 Å². The van der Waals surface area contributed by atoms with Crippen LogP contribution in [0.3, 0.4) is 0 Å². The third-order valence-electron chi connectivity index (χ3n) is 4.71. The van der Waals surface area contributed by atoms with Gasteiger partial charge in [0.05, 0.1) is 17.2 Å². The normalized spacial score (nSPS) is 14.2. The van der Waals surface area contributed by atoms with Gasteiger partial charge in [-0.2, -0.15) is 0 Å². The minimum absolute atomic E-state index is 0.364. The number of fused-ring (bicyclic) bond motifs is 1. The number of nitrogens with zero attached hydrogens (tertiary/aromatic N) is 2. The molecule has 0 aliphatic heterocycles. The maximum atomic E-state index is 10.3. The van der Waals surface area contributed by atoms with E-state index < -0.39 is 0 Å². The van der Waals surface area contributed by atoms with Crippen molar-refractivity contribution in [3.05, 3.63) is 44.9 Å². The summed E-state index contributed by atoms with van der Waals surface area (Å²) >= 11 is 1.68. The first-order valence-corrected chi connectivity index (χ1v) is 10.3. The van der Waals surface area contributed by atoms with E-state index in [9.17, 15) is 5.11 Å². The Bertz CT molecular complexity index is 769. The molecule has 0 radical (unpaired) electrons. The highest BCUT2D eigenvalue weighted by Crippen LogP contribution is 2.31. The molecule has 1 aliphatic carbocycles. The molecule has 1 heterocycles. The molecule has 1 aromatic heterocycles. The molecule has 1 aliphatic rings. The van der Waals surface area contributed by atoms with Crippen molar-refractivity contribution in [2.45, 2.75) is 52.5 Å². The number of thiazole rings is 1. The molecular formula is C20H28N4OS. The van der Waals surface area contributed by atoms with Gasteiger partial charge in [0.25, 0.3) is 0 Å². The number of benzene rings is 1. The standard InChI is InChI=1S/C20H28N4OS/c1-3-21-20(22-11-10-16-13-26-14(2)24-16)23-12-18-17-7-5-4-6-15(17)8-9-19(18)25/h8-9,13,25H,3-7,10-12H2,1-2H3,(H2,21,22,23). The zero-order chi connectivity index (χ0) is 18.4. The molecule has 5 nitrogen and oxygen atoms in total. The van der Waals surface area contributed by atoms with E-state index in [0.717, 1.165) is 54.6 Å². The number of aromatic hydroxyl groups is 1. The molecule has 0 saturated heterocycles. The number of guanidine groups is 1. The molecular weight excluding hydrogens is 344 g/mol. The molecule has 0 unspecified atom stereocenters. The fraction of sp³-hybridized carbons (Fsp3) is 0.500. The monoisotopic (exact) mass is 372 g/mol. The number of hydrogen-bond acceptors (Lipinski definition) is 4. The van der Waals surface area contributed by atoms with E-state index in [1.54, 1.807) is 11.3 Å². The van der Waals surface area contributed by atoms with Gasteiger partial charge in [-0.05, 0) is 56.7 Å². The number of aryl methyl sites for hydroxylation is 2. The van der Waals surface area contributed by atoms with Gasteiger partial charge in [0.2, 0.25) is 0 Å². The fourth-order valence-electron chi connectivity index (χ4n) is 3.40. The van der Waals surface area contributed by atoms with Crippen LogP contribution in [0, 0.1) is 6.92 Å². The van der Waals surface area contributed by atoms with Gasteiger partial charge >= 0.3 is 0 Å². The van der Waals surface area contributed by atoms with Crippen molar-refractivity contribution < 1.29 is 5.11 Å². The minimum Gasteiger partial charge on any atom is -0.508 e. The van der Waals surface area contributed by atoms with Gasteiger partial charge in [-0.3, -0.25) is 0 Å². The first-order valence-electron chi connectivity index (χ1n) is 9.43. The first-order chi connectivity index (χ1) is 12.7. The molecule has 0 bridgehead atoms. The second kappa shape index (κ2) is 9.03. The molecule has 0 fully saturated rings. The average molecular weight is 373 g/mol. The molecule has 26 heavy (non-hydrogen) atoms. The van der Waals surface area contributed by atoms with Gasteiger partial charge in [0.15, 0.2) is 5.96 Å². The number of aromatic nitrogens is 1. The summed E-state index contributed by atoms with van der Waals surface area (Å²) < 4.78 is 0. The number of rotatable bonds is 6. The molecule has 0 atom stereocenters. The number of phenols is 1. The Kier molecular flexibility index (Phi) is 6.50.